The molecule has 0 radical (unpaired) electrons. The Balaban J connectivity index is 1.78. The fraction of sp³-hybridized carbons (Fsp3) is 0.176. The second-order valence-corrected chi connectivity index (χ2v) is 6.31. The number of anilines is 1. The Morgan fingerprint density at radius 3 is 2.77 bits per heavy atom. The first-order chi connectivity index (χ1) is 12.3. The van der Waals surface area contributed by atoms with Crippen LogP contribution in [0.15, 0.2) is 42.5 Å². The van der Waals surface area contributed by atoms with E-state index in [-0.39, 0.29) is 16.8 Å². The summed E-state index contributed by atoms with van der Waals surface area (Å²) in [4.78, 5) is 16.5. The highest BCUT2D eigenvalue weighted by Crippen LogP contribution is 2.31. The number of fused-ring (bicyclic) bond motifs is 1. The number of hydrogen-bond acceptors (Lipinski definition) is 5. The van der Waals surface area contributed by atoms with Crippen molar-refractivity contribution in [3.8, 4) is 5.75 Å². The van der Waals surface area contributed by atoms with Crippen LogP contribution in [-0.2, 0) is 11.3 Å². The smallest absolute Gasteiger partial charge is 0.406 e. The summed E-state index contributed by atoms with van der Waals surface area (Å²) in [5.74, 6) is -0.701. The van der Waals surface area contributed by atoms with Crippen molar-refractivity contribution < 1.29 is 27.4 Å². The van der Waals surface area contributed by atoms with Gasteiger partial charge in [0.05, 0.1) is 16.8 Å². The van der Waals surface area contributed by atoms with Crippen LogP contribution in [0.1, 0.15) is 15.9 Å². The number of thiazole rings is 1. The lowest BCUT2D eigenvalue weighted by Crippen LogP contribution is -2.16. The van der Waals surface area contributed by atoms with Crippen molar-refractivity contribution in [2.75, 3.05) is 12.4 Å². The first kappa shape index (κ1) is 18.2. The highest BCUT2D eigenvalue weighted by Gasteiger charge is 2.31. The Morgan fingerprint density at radius 2 is 2.04 bits per heavy atom. The van der Waals surface area contributed by atoms with E-state index in [1.165, 1.54) is 18.2 Å². The summed E-state index contributed by atoms with van der Waals surface area (Å²) in [6, 6.07) is 10.7. The molecular formula is C17H13F3N2O3S. The number of carbonyl (C=O) groups excluding carboxylic acids is 1. The van der Waals surface area contributed by atoms with Crippen molar-refractivity contribution in [3.63, 3.8) is 0 Å². The third-order valence-corrected chi connectivity index (χ3v) is 4.25. The van der Waals surface area contributed by atoms with Crippen LogP contribution in [0.5, 0.6) is 5.75 Å². The lowest BCUT2D eigenvalue weighted by Gasteiger charge is -2.07. The Labute approximate surface area is 150 Å². The van der Waals surface area contributed by atoms with Gasteiger partial charge in [-0.2, -0.15) is 0 Å². The fourth-order valence-corrected chi connectivity index (χ4v) is 3.18. The van der Waals surface area contributed by atoms with Crippen LogP contribution in [-0.4, -0.2) is 24.4 Å². The minimum atomic E-state index is -4.76. The number of halogens is 3. The molecular weight excluding hydrogens is 369 g/mol. The number of benzene rings is 2. The summed E-state index contributed by atoms with van der Waals surface area (Å²) in [5, 5.41) is 2.93. The number of amides is 1. The molecule has 0 bridgehead atoms. The van der Waals surface area contributed by atoms with Crippen molar-refractivity contribution in [2.24, 2.45) is 0 Å². The molecule has 0 fully saturated rings. The van der Waals surface area contributed by atoms with Gasteiger partial charge >= 0.3 is 6.36 Å². The lowest BCUT2D eigenvalue weighted by atomic mass is 10.1. The number of methoxy groups -OCH3 is 1. The van der Waals surface area contributed by atoms with Gasteiger partial charge in [-0.15, -0.1) is 13.2 Å². The second kappa shape index (κ2) is 7.30. The van der Waals surface area contributed by atoms with Crippen molar-refractivity contribution in [3.05, 3.63) is 53.6 Å². The minimum Gasteiger partial charge on any atom is -0.406 e. The molecule has 0 saturated carbocycles. The fourth-order valence-electron chi connectivity index (χ4n) is 2.29. The largest absolute Gasteiger partial charge is 0.573 e. The molecule has 0 aliphatic rings. The summed E-state index contributed by atoms with van der Waals surface area (Å²) in [6.45, 7) is 0.379. The van der Waals surface area contributed by atoms with E-state index in [1.54, 1.807) is 25.3 Å². The number of alkyl halides is 3. The van der Waals surface area contributed by atoms with Gasteiger partial charge in [-0.05, 0) is 29.8 Å². The summed E-state index contributed by atoms with van der Waals surface area (Å²) >= 11 is 1.06. The number of rotatable bonds is 5. The Morgan fingerprint density at radius 1 is 1.23 bits per heavy atom. The minimum absolute atomic E-state index is 0.284. The van der Waals surface area contributed by atoms with E-state index in [9.17, 15) is 18.0 Å². The number of aromatic nitrogens is 1. The van der Waals surface area contributed by atoms with Gasteiger partial charge in [0, 0.05) is 18.7 Å². The number of carbonyl (C=O) groups is 1. The third-order valence-electron chi connectivity index (χ3n) is 3.31. The van der Waals surface area contributed by atoms with Crippen LogP contribution in [0.2, 0.25) is 0 Å². The predicted octanol–water partition coefficient (Wildman–Crippen LogP) is 4.59. The van der Waals surface area contributed by atoms with E-state index in [1.807, 2.05) is 6.07 Å². The van der Waals surface area contributed by atoms with Crippen LogP contribution >= 0.6 is 11.3 Å². The van der Waals surface area contributed by atoms with Gasteiger partial charge in [-0.3, -0.25) is 10.1 Å². The SMILES string of the molecule is COCc1cccc(C(=O)Nc2nc3ccc(OC(F)(F)F)cc3s2)c1. The van der Waals surface area contributed by atoms with Gasteiger partial charge in [0.25, 0.3) is 5.91 Å². The van der Waals surface area contributed by atoms with Crippen molar-refractivity contribution in [1.29, 1.82) is 0 Å². The molecule has 5 nitrogen and oxygen atoms in total. The highest BCUT2D eigenvalue weighted by molar-refractivity contribution is 7.22. The van der Waals surface area contributed by atoms with Gasteiger partial charge < -0.3 is 9.47 Å². The molecule has 136 valence electrons. The van der Waals surface area contributed by atoms with E-state index in [0.29, 0.717) is 22.4 Å². The average Bonchev–Trinajstić information content (AvgIpc) is 2.95. The van der Waals surface area contributed by atoms with E-state index < -0.39 is 6.36 Å². The zero-order chi connectivity index (χ0) is 18.7. The van der Waals surface area contributed by atoms with Crippen LogP contribution in [0.3, 0.4) is 0 Å². The quantitative estimate of drug-likeness (QED) is 0.701. The number of nitrogens with zero attached hydrogens (tertiary/aromatic N) is 1. The molecule has 1 N–H and O–H groups in total. The zero-order valence-corrected chi connectivity index (χ0v) is 14.3. The van der Waals surface area contributed by atoms with Crippen LogP contribution in [0.4, 0.5) is 18.3 Å². The molecule has 0 atom stereocenters. The van der Waals surface area contributed by atoms with Crippen LogP contribution < -0.4 is 10.1 Å². The second-order valence-electron chi connectivity index (χ2n) is 5.28. The molecule has 0 aliphatic carbocycles. The number of hydrogen-bond donors (Lipinski definition) is 1. The van der Waals surface area contributed by atoms with Gasteiger partial charge in [-0.25, -0.2) is 4.98 Å². The third kappa shape index (κ3) is 4.50. The predicted molar refractivity (Wildman–Crippen MR) is 91.4 cm³/mol. The molecule has 0 saturated heterocycles. The Hall–Kier alpha value is -2.65. The highest BCUT2D eigenvalue weighted by atomic mass is 32.1. The monoisotopic (exact) mass is 382 g/mol. The molecule has 1 heterocycles. The topological polar surface area (TPSA) is 60.5 Å². The molecule has 0 aliphatic heterocycles. The van der Waals surface area contributed by atoms with Crippen LogP contribution in [0.25, 0.3) is 10.2 Å². The summed E-state index contributed by atoms with van der Waals surface area (Å²) in [7, 11) is 1.56. The van der Waals surface area contributed by atoms with Gasteiger partial charge in [0.15, 0.2) is 5.13 Å². The average molecular weight is 382 g/mol. The number of nitrogens with one attached hydrogen (secondary N) is 1. The molecule has 9 heteroatoms. The van der Waals surface area contributed by atoms with Crippen molar-refractivity contribution in [2.45, 2.75) is 13.0 Å². The standard InChI is InChI=1S/C17H13F3N2O3S/c1-24-9-10-3-2-4-11(7-10)15(23)22-16-21-13-6-5-12(8-14(13)26-16)25-17(18,19)20/h2-8H,9H2,1H3,(H,21,22,23). The molecule has 26 heavy (non-hydrogen) atoms. The van der Waals surface area contributed by atoms with E-state index in [4.69, 9.17) is 4.74 Å². The van der Waals surface area contributed by atoms with E-state index >= 15 is 0 Å². The maximum absolute atomic E-state index is 12.3. The summed E-state index contributed by atoms with van der Waals surface area (Å²) in [5.41, 5.74) is 1.74. The zero-order valence-electron chi connectivity index (χ0n) is 13.5. The molecule has 1 aromatic heterocycles. The molecule has 0 unspecified atom stereocenters. The first-order valence-corrected chi connectivity index (χ1v) is 8.21. The molecule has 3 aromatic rings. The van der Waals surface area contributed by atoms with E-state index in [0.717, 1.165) is 16.9 Å². The van der Waals surface area contributed by atoms with Gasteiger partial charge in [-0.1, -0.05) is 23.5 Å². The molecule has 3 rings (SSSR count). The number of ether oxygens (including phenoxy) is 2. The maximum atomic E-state index is 12.3. The molecule has 1 amide bonds. The summed E-state index contributed by atoms with van der Waals surface area (Å²) < 4.78 is 46.3. The van der Waals surface area contributed by atoms with Crippen molar-refractivity contribution in [1.82, 2.24) is 4.98 Å². The van der Waals surface area contributed by atoms with Gasteiger partial charge in [0.2, 0.25) is 0 Å². The molecule has 0 spiro atoms. The Bertz CT molecular complexity index is 940. The summed E-state index contributed by atoms with van der Waals surface area (Å²) in [6.07, 6.45) is -4.76. The van der Waals surface area contributed by atoms with Crippen molar-refractivity contribution >= 4 is 32.6 Å². The van der Waals surface area contributed by atoms with E-state index in [2.05, 4.69) is 15.0 Å². The first-order valence-electron chi connectivity index (χ1n) is 7.39. The lowest BCUT2D eigenvalue weighted by molar-refractivity contribution is -0.274. The molecule has 2 aromatic carbocycles. The maximum Gasteiger partial charge on any atom is 0.573 e. The normalized spacial score (nSPS) is 11.5. The van der Waals surface area contributed by atoms with Gasteiger partial charge in [0.1, 0.15) is 5.75 Å². The Kier molecular flexibility index (Phi) is 5.10. The van der Waals surface area contributed by atoms with Crippen LogP contribution in [0, 0.1) is 0 Å².